The van der Waals surface area contributed by atoms with Gasteiger partial charge in [-0.05, 0) is 11.6 Å². The third-order valence-electron chi connectivity index (χ3n) is 3.71. The molecule has 24 heavy (non-hydrogen) atoms. The fraction of sp³-hybridized carbons (Fsp3) is 0.312. The number of piperazine rings is 1. The van der Waals surface area contributed by atoms with Crippen molar-refractivity contribution >= 4 is 39.1 Å². The molecular formula is C16H16BrN3O3S. The van der Waals surface area contributed by atoms with E-state index >= 15 is 0 Å². The first-order valence-corrected chi connectivity index (χ1v) is 9.05. The Morgan fingerprint density at radius 2 is 2.29 bits per heavy atom. The van der Waals surface area contributed by atoms with E-state index in [2.05, 4.69) is 26.2 Å². The van der Waals surface area contributed by atoms with Gasteiger partial charge in [0.25, 0.3) is 5.91 Å². The van der Waals surface area contributed by atoms with E-state index < -0.39 is 6.04 Å². The molecule has 1 aromatic carbocycles. The number of benzene rings is 1. The molecule has 8 heteroatoms. The first kappa shape index (κ1) is 17.1. The molecule has 0 spiro atoms. The number of hydrogen-bond donors (Lipinski definition) is 1. The molecule has 2 amide bonds. The number of aromatic nitrogens is 1. The monoisotopic (exact) mass is 409 g/mol. The summed E-state index contributed by atoms with van der Waals surface area (Å²) in [6.45, 7) is 1.24. The molecule has 0 saturated carbocycles. The molecular weight excluding hydrogens is 394 g/mol. The van der Waals surface area contributed by atoms with Crippen molar-refractivity contribution in [2.24, 2.45) is 0 Å². The van der Waals surface area contributed by atoms with E-state index in [4.69, 9.17) is 4.74 Å². The predicted molar refractivity (Wildman–Crippen MR) is 93.8 cm³/mol. The molecule has 1 aromatic heterocycles. The quantitative estimate of drug-likeness (QED) is 0.840. The minimum absolute atomic E-state index is 0.186. The Labute approximate surface area is 152 Å². The number of halogens is 1. The molecule has 0 bridgehead atoms. The number of amides is 2. The summed E-state index contributed by atoms with van der Waals surface area (Å²) in [4.78, 5) is 31.2. The molecule has 0 unspecified atom stereocenters. The Bertz CT molecular complexity index is 765. The first-order valence-electron chi connectivity index (χ1n) is 7.38. The summed E-state index contributed by atoms with van der Waals surface area (Å²) in [5.74, 6) is -0.432. The molecule has 126 valence electrons. The summed E-state index contributed by atoms with van der Waals surface area (Å²) < 4.78 is 5.84. The van der Waals surface area contributed by atoms with Crippen molar-refractivity contribution in [1.82, 2.24) is 15.2 Å². The molecule has 0 radical (unpaired) electrons. The third-order valence-corrected chi connectivity index (χ3v) is 5.26. The lowest BCUT2D eigenvalue weighted by Crippen LogP contribution is -2.52. The molecule has 1 fully saturated rings. The average molecular weight is 410 g/mol. The summed E-state index contributed by atoms with van der Waals surface area (Å²) in [7, 11) is 1.58. The zero-order chi connectivity index (χ0) is 17.1. The van der Waals surface area contributed by atoms with Gasteiger partial charge in [-0.1, -0.05) is 34.1 Å². The fourth-order valence-corrected chi connectivity index (χ4v) is 3.88. The second-order valence-corrected chi connectivity index (χ2v) is 7.07. The van der Waals surface area contributed by atoms with Crippen molar-refractivity contribution < 1.29 is 14.3 Å². The van der Waals surface area contributed by atoms with Crippen LogP contribution in [0.4, 0.5) is 0 Å². The van der Waals surface area contributed by atoms with Crippen molar-refractivity contribution in [1.29, 1.82) is 0 Å². The maximum Gasteiger partial charge on any atom is 0.274 e. The van der Waals surface area contributed by atoms with Crippen LogP contribution in [0.1, 0.15) is 27.1 Å². The van der Waals surface area contributed by atoms with Crippen LogP contribution in [-0.4, -0.2) is 41.9 Å². The molecule has 6 nitrogen and oxygen atoms in total. The number of thiazole rings is 1. The lowest BCUT2D eigenvalue weighted by molar-refractivity contribution is -0.128. The van der Waals surface area contributed by atoms with Crippen LogP contribution in [0.25, 0.3) is 0 Å². The van der Waals surface area contributed by atoms with Crippen LogP contribution in [0.15, 0.2) is 34.1 Å². The van der Waals surface area contributed by atoms with Crippen molar-refractivity contribution in [3.63, 3.8) is 0 Å². The molecule has 1 aliphatic rings. The van der Waals surface area contributed by atoms with Crippen LogP contribution >= 0.6 is 27.3 Å². The van der Waals surface area contributed by atoms with Gasteiger partial charge >= 0.3 is 0 Å². The van der Waals surface area contributed by atoms with Crippen molar-refractivity contribution in [3.05, 3.63) is 50.4 Å². The molecule has 2 heterocycles. The lowest BCUT2D eigenvalue weighted by atomic mass is 10.0. The standard InChI is InChI=1S/C16H16BrN3O3S/c1-23-8-13-19-12(9-24-13)16(22)20-7-6-18-15(21)14(20)10-4-2-3-5-11(10)17/h2-5,9,14H,6-8H2,1H3,(H,18,21)/t14-/m1/s1. The Hall–Kier alpha value is -1.77. The molecule has 0 aliphatic carbocycles. The van der Waals surface area contributed by atoms with Gasteiger partial charge < -0.3 is 15.0 Å². The van der Waals surface area contributed by atoms with Gasteiger partial charge in [-0.3, -0.25) is 9.59 Å². The third kappa shape index (κ3) is 3.35. The summed E-state index contributed by atoms with van der Waals surface area (Å²) in [5.41, 5.74) is 1.11. The normalized spacial score (nSPS) is 17.7. The first-order chi connectivity index (χ1) is 11.6. The topological polar surface area (TPSA) is 71.5 Å². The van der Waals surface area contributed by atoms with Crippen molar-refractivity contribution in [2.45, 2.75) is 12.6 Å². The predicted octanol–water partition coefficient (Wildman–Crippen LogP) is 2.37. The number of nitrogens with one attached hydrogen (secondary N) is 1. The highest BCUT2D eigenvalue weighted by molar-refractivity contribution is 9.10. The Balaban J connectivity index is 1.92. The minimum Gasteiger partial charge on any atom is -0.378 e. The fourth-order valence-electron chi connectivity index (χ4n) is 2.64. The molecule has 1 N–H and O–H groups in total. The highest BCUT2D eigenvalue weighted by Crippen LogP contribution is 2.30. The molecule has 1 atom stereocenters. The number of rotatable bonds is 4. The van der Waals surface area contributed by atoms with E-state index in [0.29, 0.717) is 25.4 Å². The van der Waals surface area contributed by atoms with E-state index in [0.717, 1.165) is 15.0 Å². The van der Waals surface area contributed by atoms with Crippen molar-refractivity contribution in [3.8, 4) is 0 Å². The van der Waals surface area contributed by atoms with E-state index in [9.17, 15) is 9.59 Å². The van der Waals surface area contributed by atoms with E-state index in [-0.39, 0.29) is 11.8 Å². The van der Waals surface area contributed by atoms with E-state index in [1.807, 2.05) is 24.3 Å². The Morgan fingerprint density at radius 1 is 1.50 bits per heavy atom. The lowest BCUT2D eigenvalue weighted by Gasteiger charge is -2.35. The molecule has 3 rings (SSSR count). The van der Waals surface area contributed by atoms with Gasteiger partial charge in [-0.25, -0.2) is 4.98 Å². The van der Waals surface area contributed by atoms with Gasteiger partial charge in [0.1, 0.15) is 16.7 Å². The van der Waals surface area contributed by atoms with Crippen LogP contribution in [0.5, 0.6) is 0 Å². The van der Waals surface area contributed by atoms with Crippen molar-refractivity contribution in [2.75, 3.05) is 20.2 Å². The number of nitrogens with zero attached hydrogens (tertiary/aromatic N) is 2. The number of hydrogen-bond acceptors (Lipinski definition) is 5. The SMILES string of the molecule is COCc1nc(C(=O)N2CCNC(=O)[C@H]2c2ccccc2Br)cs1. The smallest absolute Gasteiger partial charge is 0.274 e. The van der Waals surface area contributed by atoms with E-state index in [1.54, 1.807) is 17.4 Å². The van der Waals surface area contributed by atoms with Gasteiger partial charge in [0.05, 0.1) is 6.61 Å². The molecule has 1 saturated heterocycles. The average Bonchev–Trinajstić information content (AvgIpc) is 3.04. The molecule has 2 aromatic rings. The largest absolute Gasteiger partial charge is 0.378 e. The Morgan fingerprint density at radius 3 is 3.04 bits per heavy atom. The summed E-state index contributed by atoms with van der Waals surface area (Å²) in [5, 5.41) is 5.27. The van der Waals surface area contributed by atoms with Gasteiger partial charge in [-0.15, -0.1) is 11.3 Å². The Kier molecular flexibility index (Phi) is 5.27. The van der Waals surface area contributed by atoms with Gasteiger partial charge in [0.2, 0.25) is 5.91 Å². The van der Waals surface area contributed by atoms with Gasteiger partial charge in [0.15, 0.2) is 0 Å². The van der Waals surface area contributed by atoms with Crippen LogP contribution in [0, 0.1) is 0 Å². The van der Waals surface area contributed by atoms with Crippen LogP contribution < -0.4 is 5.32 Å². The minimum atomic E-state index is -0.672. The maximum absolute atomic E-state index is 12.9. The maximum atomic E-state index is 12.9. The summed E-state index contributed by atoms with van der Waals surface area (Å²) in [6.07, 6.45) is 0. The van der Waals surface area contributed by atoms with Gasteiger partial charge in [0, 0.05) is 30.1 Å². The summed E-state index contributed by atoms with van der Waals surface area (Å²) in [6, 6.07) is 6.76. The second-order valence-electron chi connectivity index (χ2n) is 5.27. The number of carbonyl (C=O) groups excluding carboxylic acids is 2. The van der Waals surface area contributed by atoms with Crippen LogP contribution in [0.3, 0.4) is 0 Å². The number of methoxy groups -OCH3 is 1. The zero-order valence-electron chi connectivity index (χ0n) is 13.0. The highest BCUT2D eigenvalue weighted by atomic mass is 79.9. The number of ether oxygens (including phenoxy) is 1. The second kappa shape index (κ2) is 7.42. The van der Waals surface area contributed by atoms with Crippen LogP contribution in [0.2, 0.25) is 0 Å². The zero-order valence-corrected chi connectivity index (χ0v) is 15.4. The number of carbonyl (C=O) groups is 2. The van der Waals surface area contributed by atoms with Crippen LogP contribution in [-0.2, 0) is 16.1 Å². The van der Waals surface area contributed by atoms with E-state index in [1.165, 1.54) is 11.3 Å². The summed E-state index contributed by atoms with van der Waals surface area (Å²) >= 11 is 4.84. The highest BCUT2D eigenvalue weighted by Gasteiger charge is 2.36. The van der Waals surface area contributed by atoms with Gasteiger partial charge in [-0.2, -0.15) is 0 Å². The molecule has 1 aliphatic heterocycles.